The smallest absolute Gasteiger partial charge is 0.164 e. The molecule has 0 aliphatic carbocycles. The van der Waals surface area contributed by atoms with E-state index in [1.165, 1.54) is 24.3 Å². The van der Waals surface area contributed by atoms with Crippen LogP contribution in [0.25, 0.3) is 0 Å². The Bertz CT molecular complexity index is 339. The van der Waals surface area contributed by atoms with Crippen LogP contribution in [0.4, 0.5) is 5.82 Å². The van der Waals surface area contributed by atoms with Crippen LogP contribution >= 0.6 is 23.4 Å². The average Bonchev–Trinajstić information content (AvgIpc) is 2.25. The summed E-state index contributed by atoms with van der Waals surface area (Å²) in [5, 5.41) is 8.42. The predicted molar refractivity (Wildman–Crippen MR) is 65.2 cm³/mol. The molecule has 0 aromatic carbocycles. The largest absolute Gasteiger partial charge is 0.381 e. The summed E-state index contributed by atoms with van der Waals surface area (Å²) in [4.78, 5) is 0. The Hall–Kier alpha value is -0.480. The number of nitrogens with zero attached hydrogens (tertiary/aromatic N) is 2. The SMILES string of the molecule is Nc1nnc(CC2CCSCC2)cc1Cl. The molecule has 1 aromatic heterocycles. The highest BCUT2D eigenvalue weighted by atomic mass is 35.5. The zero-order chi connectivity index (χ0) is 10.7. The van der Waals surface area contributed by atoms with Crippen LogP contribution < -0.4 is 5.73 Å². The quantitative estimate of drug-likeness (QED) is 0.867. The van der Waals surface area contributed by atoms with Gasteiger partial charge in [-0.1, -0.05) is 11.6 Å². The Morgan fingerprint density at radius 1 is 1.40 bits per heavy atom. The molecule has 1 aliphatic heterocycles. The van der Waals surface area contributed by atoms with E-state index in [0.717, 1.165) is 18.0 Å². The summed E-state index contributed by atoms with van der Waals surface area (Å²) in [6.45, 7) is 0. The first-order valence-corrected chi connectivity index (χ1v) is 6.64. The number of hydrogen-bond donors (Lipinski definition) is 1. The lowest BCUT2D eigenvalue weighted by Gasteiger charge is -2.20. The second-order valence-corrected chi connectivity index (χ2v) is 5.46. The van der Waals surface area contributed by atoms with Gasteiger partial charge in [-0.15, -0.1) is 5.10 Å². The van der Waals surface area contributed by atoms with E-state index in [0.29, 0.717) is 10.8 Å². The van der Waals surface area contributed by atoms with Crippen molar-refractivity contribution < 1.29 is 0 Å². The summed E-state index contributed by atoms with van der Waals surface area (Å²) < 4.78 is 0. The maximum Gasteiger partial charge on any atom is 0.164 e. The van der Waals surface area contributed by atoms with Crippen molar-refractivity contribution in [3.63, 3.8) is 0 Å². The van der Waals surface area contributed by atoms with Crippen molar-refractivity contribution in [1.29, 1.82) is 0 Å². The van der Waals surface area contributed by atoms with Gasteiger partial charge < -0.3 is 5.73 Å². The molecule has 0 radical (unpaired) electrons. The zero-order valence-electron chi connectivity index (χ0n) is 8.45. The lowest BCUT2D eigenvalue weighted by molar-refractivity contribution is 0.480. The van der Waals surface area contributed by atoms with E-state index < -0.39 is 0 Å². The monoisotopic (exact) mass is 243 g/mol. The number of aromatic nitrogens is 2. The summed E-state index contributed by atoms with van der Waals surface area (Å²) in [7, 11) is 0. The van der Waals surface area contributed by atoms with Gasteiger partial charge in [-0.3, -0.25) is 0 Å². The molecule has 0 saturated carbocycles. The van der Waals surface area contributed by atoms with Crippen molar-refractivity contribution in [3.8, 4) is 0 Å². The lowest BCUT2D eigenvalue weighted by atomic mass is 9.97. The fourth-order valence-electron chi connectivity index (χ4n) is 1.76. The van der Waals surface area contributed by atoms with E-state index in [1.54, 1.807) is 0 Å². The fourth-order valence-corrected chi connectivity index (χ4v) is 3.13. The van der Waals surface area contributed by atoms with Crippen LogP contribution in [0.1, 0.15) is 18.5 Å². The molecular weight excluding hydrogens is 230 g/mol. The molecule has 15 heavy (non-hydrogen) atoms. The van der Waals surface area contributed by atoms with Gasteiger partial charge in [-0.05, 0) is 42.8 Å². The first-order chi connectivity index (χ1) is 7.25. The zero-order valence-corrected chi connectivity index (χ0v) is 10.0. The number of nitrogens with two attached hydrogens (primary N) is 1. The Kier molecular flexibility index (Phi) is 3.70. The molecule has 1 aromatic rings. The van der Waals surface area contributed by atoms with Crippen molar-refractivity contribution in [2.45, 2.75) is 19.3 Å². The number of nitrogen functional groups attached to an aromatic ring is 1. The van der Waals surface area contributed by atoms with Gasteiger partial charge in [0.2, 0.25) is 0 Å². The molecule has 0 bridgehead atoms. The molecule has 2 heterocycles. The fraction of sp³-hybridized carbons (Fsp3) is 0.600. The van der Waals surface area contributed by atoms with E-state index in [9.17, 15) is 0 Å². The highest BCUT2D eigenvalue weighted by Gasteiger charge is 2.15. The van der Waals surface area contributed by atoms with E-state index in [1.807, 2.05) is 17.8 Å². The second kappa shape index (κ2) is 5.03. The summed E-state index contributed by atoms with van der Waals surface area (Å²) >= 11 is 7.93. The summed E-state index contributed by atoms with van der Waals surface area (Å²) in [5.41, 5.74) is 6.48. The highest BCUT2D eigenvalue weighted by molar-refractivity contribution is 7.99. The van der Waals surface area contributed by atoms with Gasteiger partial charge in [0.15, 0.2) is 5.82 Å². The minimum absolute atomic E-state index is 0.319. The van der Waals surface area contributed by atoms with Gasteiger partial charge in [-0.25, -0.2) is 0 Å². The third-order valence-electron chi connectivity index (χ3n) is 2.66. The van der Waals surface area contributed by atoms with Crippen LogP contribution in [-0.4, -0.2) is 21.7 Å². The Morgan fingerprint density at radius 3 is 2.80 bits per heavy atom. The van der Waals surface area contributed by atoms with Crippen molar-refractivity contribution in [2.75, 3.05) is 17.2 Å². The molecule has 1 fully saturated rings. The number of halogens is 1. The lowest BCUT2D eigenvalue weighted by Crippen LogP contribution is -2.13. The number of hydrogen-bond acceptors (Lipinski definition) is 4. The second-order valence-electron chi connectivity index (χ2n) is 3.83. The van der Waals surface area contributed by atoms with Gasteiger partial charge in [0.25, 0.3) is 0 Å². The normalized spacial score (nSPS) is 17.9. The molecule has 2 N–H and O–H groups in total. The van der Waals surface area contributed by atoms with E-state index in [-0.39, 0.29) is 0 Å². The number of anilines is 1. The average molecular weight is 244 g/mol. The molecule has 3 nitrogen and oxygen atoms in total. The van der Waals surface area contributed by atoms with Crippen LogP contribution in [0, 0.1) is 5.92 Å². The van der Waals surface area contributed by atoms with Crippen LogP contribution in [0.5, 0.6) is 0 Å². The molecule has 1 saturated heterocycles. The van der Waals surface area contributed by atoms with E-state index >= 15 is 0 Å². The Morgan fingerprint density at radius 2 is 2.13 bits per heavy atom. The van der Waals surface area contributed by atoms with Crippen molar-refractivity contribution in [3.05, 3.63) is 16.8 Å². The van der Waals surface area contributed by atoms with E-state index in [2.05, 4.69) is 10.2 Å². The molecular formula is C10H14ClN3S. The Labute approximate surface area is 98.8 Å². The third-order valence-corrected chi connectivity index (χ3v) is 4.01. The van der Waals surface area contributed by atoms with Crippen LogP contribution in [0.3, 0.4) is 0 Å². The first-order valence-electron chi connectivity index (χ1n) is 5.11. The predicted octanol–water partition coefficient (Wildman–Crippen LogP) is 2.40. The van der Waals surface area contributed by atoms with Crippen LogP contribution in [0.15, 0.2) is 6.07 Å². The standard InChI is InChI=1S/C10H14ClN3S/c11-9-6-8(13-14-10(9)12)5-7-1-3-15-4-2-7/h6-7H,1-5H2,(H2,12,14). The maximum absolute atomic E-state index is 5.90. The van der Waals surface area contributed by atoms with Gasteiger partial charge in [0.1, 0.15) is 0 Å². The minimum atomic E-state index is 0.319. The summed E-state index contributed by atoms with van der Waals surface area (Å²) in [5.74, 6) is 3.58. The number of rotatable bonds is 2. The summed E-state index contributed by atoms with van der Waals surface area (Å²) in [6, 6.07) is 1.84. The highest BCUT2D eigenvalue weighted by Crippen LogP contribution is 2.26. The molecule has 0 amide bonds. The van der Waals surface area contributed by atoms with E-state index in [4.69, 9.17) is 17.3 Å². The van der Waals surface area contributed by atoms with Gasteiger partial charge in [-0.2, -0.15) is 16.9 Å². The molecule has 0 spiro atoms. The van der Waals surface area contributed by atoms with Crippen molar-refractivity contribution >= 4 is 29.2 Å². The molecule has 1 aliphatic rings. The summed E-state index contributed by atoms with van der Waals surface area (Å²) in [6.07, 6.45) is 3.52. The topological polar surface area (TPSA) is 51.8 Å². The van der Waals surface area contributed by atoms with Crippen molar-refractivity contribution in [2.24, 2.45) is 5.92 Å². The molecule has 0 atom stereocenters. The Balaban J connectivity index is 2.00. The number of thioether (sulfide) groups is 1. The minimum Gasteiger partial charge on any atom is -0.381 e. The van der Waals surface area contributed by atoms with Gasteiger partial charge >= 0.3 is 0 Å². The molecule has 82 valence electrons. The van der Waals surface area contributed by atoms with Gasteiger partial charge in [0, 0.05) is 0 Å². The van der Waals surface area contributed by atoms with Crippen LogP contribution in [-0.2, 0) is 6.42 Å². The molecule has 0 unspecified atom stereocenters. The third kappa shape index (κ3) is 2.98. The molecule has 2 rings (SSSR count). The van der Waals surface area contributed by atoms with Crippen molar-refractivity contribution in [1.82, 2.24) is 10.2 Å². The van der Waals surface area contributed by atoms with Crippen LogP contribution in [0.2, 0.25) is 5.02 Å². The maximum atomic E-state index is 5.90. The molecule has 5 heteroatoms. The van der Waals surface area contributed by atoms with Gasteiger partial charge in [0.05, 0.1) is 10.7 Å². The first kappa shape index (κ1) is 11.0.